The molecule has 0 aliphatic heterocycles. The molecule has 6 heterocycles. The molecule has 0 saturated carbocycles. The minimum absolute atomic E-state index is 0.691. The SMILES string of the molecule is c1ccc(-c2nc(-c3ccc(-n4c5cc6ccc(-c7ccc8c(ccc9c%10cc%11c(cc%10n(-c%10ccccc%10)c89)c8cc9ccccc9cc8n%11-c8ccc(-c9nc(-c%10ccccc%10)c%10ccccc%10n9)cc8)c7)cc6cc5c5cc6c(cc54)c4ccccc4n6-c4ccccc4)cc3)nc3ccccc23)cc1. The van der Waals surface area contributed by atoms with Crippen molar-refractivity contribution in [2.75, 3.05) is 0 Å². The van der Waals surface area contributed by atoms with Gasteiger partial charge in [-0.15, -0.1) is 0 Å². The van der Waals surface area contributed by atoms with Gasteiger partial charge in [0.2, 0.25) is 0 Å². The third kappa shape index (κ3) is 9.23. The van der Waals surface area contributed by atoms with Gasteiger partial charge in [-0.1, -0.05) is 212 Å². The van der Waals surface area contributed by atoms with Crippen molar-refractivity contribution < 1.29 is 0 Å². The first-order valence-corrected chi connectivity index (χ1v) is 36.8. The predicted molar refractivity (Wildman–Crippen MR) is 450 cm³/mol. The molecule has 0 bridgehead atoms. The van der Waals surface area contributed by atoms with E-state index >= 15 is 0 Å². The van der Waals surface area contributed by atoms with E-state index in [0.717, 1.165) is 128 Å². The van der Waals surface area contributed by atoms with Gasteiger partial charge in [0.25, 0.3) is 0 Å². The zero-order chi connectivity index (χ0) is 70.7. The van der Waals surface area contributed by atoms with Gasteiger partial charge in [-0.3, -0.25) is 0 Å². The highest BCUT2D eigenvalue weighted by atomic mass is 15.0. The minimum atomic E-state index is 0.691. The molecule has 0 aliphatic rings. The Morgan fingerprint density at radius 2 is 0.519 bits per heavy atom. The summed E-state index contributed by atoms with van der Waals surface area (Å²) in [4.78, 5) is 20.8. The van der Waals surface area contributed by atoms with Crippen molar-refractivity contribution >= 4 is 141 Å². The van der Waals surface area contributed by atoms with Crippen LogP contribution in [0.25, 0.3) is 221 Å². The van der Waals surface area contributed by atoms with Crippen molar-refractivity contribution in [1.29, 1.82) is 0 Å². The van der Waals surface area contributed by atoms with E-state index in [-0.39, 0.29) is 0 Å². The summed E-state index contributed by atoms with van der Waals surface area (Å²) in [5.41, 5.74) is 23.6. The van der Waals surface area contributed by atoms with Crippen LogP contribution in [0.3, 0.4) is 0 Å². The second-order valence-electron chi connectivity index (χ2n) is 28.5. The maximum atomic E-state index is 5.26. The summed E-state index contributed by atoms with van der Waals surface area (Å²) in [5.74, 6) is 1.39. The predicted octanol–water partition coefficient (Wildman–Crippen LogP) is 25.8. The number of aromatic nitrogens is 8. The van der Waals surface area contributed by atoms with E-state index in [1.165, 1.54) is 81.1 Å². The monoisotopic (exact) mass is 1370 g/mol. The fourth-order valence-corrected chi connectivity index (χ4v) is 17.4. The van der Waals surface area contributed by atoms with Crippen molar-refractivity contribution in [3.8, 4) is 79.2 Å². The smallest absolute Gasteiger partial charge is 0.160 e. The Bertz CT molecular complexity index is 7690. The minimum Gasteiger partial charge on any atom is -0.309 e. The Balaban J connectivity index is 0.673. The molecular formula is C100H60N8. The number of hydrogen-bond acceptors (Lipinski definition) is 4. The van der Waals surface area contributed by atoms with Crippen LogP contribution in [0.1, 0.15) is 0 Å². The highest BCUT2D eigenvalue weighted by Gasteiger charge is 2.25. The molecule has 500 valence electrons. The number of rotatable bonds is 9. The van der Waals surface area contributed by atoms with E-state index in [1.54, 1.807) is 0 Å². The third-order valence-corrected chi connectivity index (χ3v) is 22.4. The van der Waals surface area contributed by atoms with Crippen LogP contribution >= 0.6 is 0 Å². The van der Waals surface area contributed by atoms with Crippen LogP contribution in [0.5, 0.6) is 0 Å². The van der Waals surface area contributed by atoms with Gasteiger partial charge in [0.05, 0.1) is 66.6 Å². The van der Waals surface area contributed by atoms with E-state index in [4.69, 9.17) is 19.9 Å². The van der Waals surface area contributed by atoms with Crippen LogP contribution in [0.15, 0.2) is 364 Å². The summed E-state index contributed by atoms with van der Waals surface area (Å²) in [6, 6.07) is 132. The Morgan fingerprint density at radius 3 is 1.07 bits per heavy atom. The van der Waals surface area contributed by atoms with Gasteiger partial charge in [0.1, 0.15) is 0 Å². The van der Waals surface area contributed by atoms with Crippen molar-refractivity contribution in [3.05, 3.63) is 364 Å². The van der Waals surface area contributed by atoms with Crippen molar-refractivity contribution in [2.45, 2.75) is 0 Å². The Labute approximate surface area is 618 Å². The lowest BCUT2D eigenvalue weighted by atomic mass is 9.96. The Kier molecular flexibility index (Phi) is 13.0. The van der Waals surface area contributed by atoms with E-state index in [2.05, 4.69) is 358 Å². The lowest BCUT2D eigenvalue weighted by Crippen LogP contribution is -1.97. The number of hydrogen-bond donors (Lipinski definition) is 0. The molecule has 0 saturated heterocycles. The van der Waals surface area contributed by atoms with Crippen LogP contribution in [0.2, 0.25) is 0 Å². The molecule has 0 aliphatic carbocycles. The van der Waals surface area contributed by atoms with Gasteiger partial charge in [-0.25, -0.2) is 19.9 Å². The van der Waals surface area contributed by atoms with Crippen LogP contribution in [0, 0.1) is 0 Å². The summed E-state index contributed by atoms with van der Waals surface area (Å²) in [6.07, 6.45) is 0. The average Bonchev–Trinajstić information content (AvgIpc) is 1.55. The van der Waals surface area contributed by atoms with E-state index in [9.17, 15) is 0 Å². The molecule has 8 heteroatoms. The lowest BCUT2D eigenvalue weighted by molar-refractivity contribution is 1.17. The fraction of sp³-hybridized carbons (Fsp3) is 0. The number of nitrogens with zero attached hydrogens (tertiary/aromatic N) is 8. The van der Waals surface area contributed by atoms with Gasteiger partial charge in [0, 0.05) is 104 Å². The molecule has 0 amide bonds. The molecule has 0 N–H and O–H groups in total. The average molecular weight is 1370 g/mol. The van der Waals surface area contributed by atoms with E-state index in [0.29, 0.717) is 11.6 Å². The highest BCUT2D eigenvalue weighted by molar-refractivity contribution is 6.25. The first-order valence-electron chi connectivity index (χ1n) is 36.8. The third-order valence-electron chi connectivity index (χ3n) is 22.4. The van der Waals surface area contributed by atoms with Gasteiger partial charge in [0.15, 0.2) is 11.6 Å². The molecule has 0 atom stereocenters. The maximum Gasteiger partial charge on any atom is 0.160 e. The first-order chi connectivity index (χ1) is 53.5. The Hall–Kier alpha value is -14.6. The largest absolute Gasteiger partial charge is 0.309 e. The second kappa shape index (κ2) is 23.5. The zero-order valence-electron chi connectivity index (χ0n) is 58.2. The fourth-order valence-electron chi connectivity index (χ4n) is 17.4. The second-order valence-corrected chi connectivity index (χ2v) is 28.5. The molecule has 0 radical (unpaired) electrons. The summed E-state index contributed by atoms with van der Waals surface area (Å²) < 4.78 is 9.83. The summed E-state index contributed by atoms with van der Waals surface area (Å²) in [7, 11) is 0. The first kappa shape index (κ1) is 59.9. The van der Waals surface area contributed by atoms with Crippen molar-refractivity contribution in [1.82, 2.24) is 38.2 Å². The van der Waals surface area contributed by atoms with Gasteiger partial charge >= 0.3 is 0 Å². The standard InChI is InChI=1S/C100H60N8/c1-5-21-61(22-6-1)96-79-32-15-18-34-87(79)101-99(103-96)63-39-45-74(46-40-63)106-90-55-66-26-14-13-25-65(66)53-81(90)86-60-95-84(58-94(86)106)78-50-44-70-51-68(43-49-76(70)98(78)108(95)73-29-11-4-12-30-73)67-37-38-69-56-91-82(54-71(69)52-67)85-59-92-83(77-31-17-20-36-89(77)105(92)72-27-9-3-10-28-72)57-93(85)107(91)75-47-41-64(42-48-75)100-102-88-35-19-16-33-80(88)97(104-100)62-23-7-2-8-24-62/h1-60H. The van der Waals surface area contributed by atoms with E-state index in [1.807, 2.05) is 24.3 Å². The topological polar surface area (TPSA) is 71.3 Å². The quantitative estimate of drug-likeness (QED) is 0.144. The number of para-hydroxylation sites is 5. The van der Waals surface area contributed by atoms with Crippen LogP contribution < -0.4 is 0 Å². The molecule has 0 unspecified atom stereocenters. The molecule has 0 fully saturated rings. The summed E-state index contributed by atoms with van der Waals surface area (Å²) >= 11 is 0. The molecule has 0 spiro atoms. The zero-order valence-corrected chi connectivity index (χ0v) is 58.2. The van der Waals surface area contributed by atoms with Crippen molar-refractivity contribution in [3.63, 3.8) is 0 Å². The molecule has 23 rings (SSSR count). The molecule has 8 nitrogen and oxygen atoms in total. The van der Waals surface area contributed by atoms with Crippen LogP contribution in [-0.2, 0) is 0 Å². The molecule has 17 aromatic carbocycles. The van der Waals surface area contributed by atoms with Crippen molar-refractivity contribution in [2.24, 2.45) is 0 Å². The van der Waals surface area contributed by atoms with Crippen LogP contribution in [-0.4, -0.2) is 38.2 Å². The molecule has 6 aromatic heterocycles. The van der Waals surface area contributed by atoms with Gasteiger partial charge in [-0.05, 0) is 190 Å². The maximum absolute atomic E-state index is 5.26. The molecule has 23 aromatic rings. The van der Waals surface area contributed by atoms with Crippen LogP contribution in [0.4, 0.5) is 0 Å². The molecule has 108 heavy (non-hydrogen) atoms. The van der Waals surface area contributed by atoms with Gasteiger partial charge < -0.3 is 18.3 Å². The van der Waals surface area contributed by atoms with E-state index < -0.39 is 0 Å². The summed E-state index contributed by atoms with van der Waals surface area (Å²) in [6.45, 7) is 0. The summed E-state index contributed by atoms with van der Waals surface area (Å²) in [5, 5.41) is 18.7. The normalized spacial score (nSPS) is 12.1. The number of benzene rings is 17. The lowest BCUT2D eigenvalue weighted by Gasteiger charge is -2.12. The highest BCUT2D eigenvalue weighted by Crippen LogP contribution is 2.46. The number of fused-ring (bicyclic) bond motifs is 18. The Morgan fingerprint density at radius 1 is 0.167 bits per heavy atom. The van der Waals surface area contributed by atoms with Gasteiger partial charge in [-0.2, -0.15) is 0 Å². The molecular weight excluding hydrogens is 1310 g/mol.